The summed E-state index contributed by atoms with van der Waals surface area (Å²) in [5, 5.41) is 3.47. The third-order valence-corrected chi connectivity index (χ3v) is 5.46. The first-order valence-electron chi connectivity index (χ1n) is 9.36. The Bertz CT molecular complexity index is 850. The molecule has 3 rings (SSSR count). The van der Waals surface area contributed by atoms with E-state index in [4.69, 9.17) is 0 Å². The van der Waals surface area contributed by atoms with Crippen molar-refractivity contribution in [2.45, 2.75) is 27.2 Å². The Kier molecular flexibility index (Phi) is 6.35. The minimum atomic E-state index is -0.100. The molecule has 0 saturated carbocycles. The highest BCUT2D eigenvalue weighted by molar-refractivity contribution is 8.18. The fraction of sp³-hybridized carbons (Fsp3) is 0.273. The molecule has 0 aliphatic carbocycles. The lowest BCUT2D eigenvalue weighted by atomic mass is 10.1. The van der Waals surface area contributed by atoms with E-state index in [0.29, 0.717) is 10.1 Å². The number of rotatable bonds is 6. The van der Waals surface area contributed by atoms with Crippen LogP contribution in [0.1, 0.15) is 31.9 Å². The molecule has 1 saturated heterocycles. The summed E-state index contributed by atoms with van der Waals surface area (Å²) < 4.78 is 0. The first-order chi connectivity index (χ1) is 13.1. The molecule has 2 aromatic carbocycles. The molecule has 5 heteroatoms. The van der Waals surface area contributed by atoms with Gasteiger partial charge in [0, 0.05) is 18.8 Å². The molecule has 1 aliphatic heterocycles. The number of hydrogen-bond donors (Lipinski definition) is 1. The summed E-state index contributed by atoms with van der Waals surface area (Å²) in [6, 6.07) is 16.4. The highest BCUT2D eigenvalue weighted by Gasteiger charge is 2.23. The Morgan fingerprint density at radius 1 is 1.00 bits per heavy atom. The monoisotopic (exact) mass is 379 g/mol. The van der Waals surface area contributed by atoms with E-state index in [2.05, 4.69) is 60.2 Å². The molecule has 140 valence electrons. The Balaban J connectivity index is 1.73. The van der Waals surface area contributed by atoms with Crippen LogP contribution in [0.25, 0.3) is 6.08 Å². The maximum absolute atomic E-state index is 12.3. The second-order valence-electron chi connectivity index (χ2n) is 6.27. The van der Waals surface area contributed by atoms with Gasteiger partial charge in [0.15, 0.2) is 5.17 Å². The van der Waals surface area contributed by atoms with Crippen LogP contribution >= 0.6 is 11.8 Å². The topological polar surface area (TPSA) is 44.7 Å². The predicted octanol–water partition coefficient (Wildman–Crippen LogP) is 4.99. The highest BCUT2D eigenvalue weighted by atomic mass is 32.2. The maximum atomic E-state index is 12.3. The van der Waals surface area contributed by atoms with E-state index in [-0.39, 0.29) is 5.91 Å². The summed E-state index contributed by atoms with van der Waals surface area (Å²) >= 11 is 1.38. The number of anilines is 1. The highest BCUT2D eigenvalue weighted by Crippen LogP contribution is 2.28. The lowest BCUT2D eigenvalue weighted by molar-refractivity contribution is -0.115. The number of carbonyl (C=O) groups excluding carboxylic acids is 1. The molecule has 0 radical (unpaired) electrons. The summed E-state index contributed by atoms with van der Waals surface area (Å²) in [4.78, 5) is 19.7. The molecule has 1 aliphatic rings. The number of thioether (sulfide) groups is 1. The van der Waals surface area contributed by atoms with E-state index in [9.17, 15) is 4.79 Å². The molecule has 0 bridgehead atoms. The number of carbonyl (C=O) groups is 1. The van der Waals surface area contributed by atoms with Gasteiger partial charge in [0.05, 0.1) is 10.6 Å². The van der Waals surface area contributed by atoms with Crippen molar-refractivity contribution in [1.82, 2.24) is 5.32 Å². The molecule has 1 heterocycles. The van der Waals surface area contributed by atoms with Crippen LogP contribution in [0.2, 0.25) is 0 Å². The van der Waals surface area contributed by atoms with E-state index in [1.54, 1.807) is 0 Å². The van der Waals surface area contributed by atoms with Gasteiger partial charge in [-0.3, -0.25) is 4.79 Å². The van der Waals surface area contributed by atoms with Crippen LogP contribution in [0.3, 0.4) is 0 Å². The Labute approximate surface area is 165 Å². The van der Waals surface area contributed by atoms with Gasteiger partial charge in [-0.05, 0) is 73.5 Å². The number of nitrogens with zero attached hydrogens (tertiary/aromatic N) is 2. The quantitative estimate of drug-likeness (QED) is 0.720. The van der Waals surface area contributed by atoms with Gasteiger partial charge in [-0.25, -0.2) is 4.99 Å². The molecule has 27 heavy (non-hydrogen) atoms. The van der Waals surface area contributed by atoms with Crippen LogP contribution in [-0.4, -0.2) is 24.2 Å². The fourth-order valence-electron chi connectivity index (χ4n) is 2.93. The number of nitrogens with one attached hydrogen (secondary N) is 1. The standard InChI is InChI=1S/C22H25N3OS/c1-4-16-7-11-18(12-8-16)23-22-24-21(26)20(27-22)15-17-9-13-19(14-10-17)25(5-2)6-3/h7-15H,4-6H2,1-3H3,(H,23,24,26)/b20-15+. The summed E-state index contributed by atoms with van der Waals surface area (Å²) in [6.45, 7) is 8.38. The minimum absolute atomic E-state index is 0.100. The lowest BCUT2D eigenvalue weighted by Crippen LogP contribution is -2.21. The summed E-state index contributed by atoms with van der Waals surface area (Å²) in [5.41, 5.74) is 4.33. The van der Waals surface area contributed by atoms with Crippen LogP contribution in [0.5, 0.6) is 0 Å². The van der Waals surface area contributed by atoms with E-state index >= 15 is 0 Å². The van der Waals surface area contributed by atoms with Crippen molar-refractivity contribution >= 4 is 40.3 Å². The first-order valence-corrected chi connectivity index (χ1v) is 10.2. The van der Waals surface area contributed by atoms with Crippen LogP contribution in [-0.2, 0) is 11.2 Å². The fourth-order valence-corrected chi connectivity index (χ4v) is 3.77. The van der Waals surface area contributed by atoms with Gasteiger partial charge in [-0.15, -0.1) is 0 Å². The molecule has 4 nitrogen and oxygen atoms in total. The molecule has 0 atom stereocenters. The number of amides is 1. The molecule has 2 aromatic rings. The minimum Gasteiger partial charge on any atom is -0.372 e. The van der Waals surface area contributed by atoms with Crippen LogP contribution < -0.4 is 10.2 Å². The van der Waals surface area contributed by atoms with Crippen LogP contribution in [0, 0.1) is 0 Å². The average molecular weight is 380 g/mol. The van der Waals surface area contributed by atoms with E-state index in [0.717, 1.165) is 30.8 Å². The zero-order valence-electron chi connectivity index (χ0n) is 16.0. The van der Waals surface area contributed by atoms with Gasteiger partial charge in [0.1, 0.15) is 0 Å². The van der Waals surface area contributed by atoms with Crippen molar-refractivity contribution in [2.75, 3.05) is 18.0 Å². The van der Waals surface area contributed by atoms with Crippen LogP contribution in [0.15, 0.2) is 58.4 Å². The Morgan fingerprint density at radius 2 is 1.67 bits per heavy atom. The predicted molar refractivity (Wildman–Crippen MR) is 117 cm³/mol. The van der Waals surface area contributed by atoms with Gasteiger partial charge < -0.3 is 10.2 Å². The Hall–Kier alpha value is -2.53. The zero-order valence-corrected chi connectivity index (χ0v) is 16.8. The second-order valence-corrected chi connectivity index (χ2v) is 7.30. The van der Waals surface area contributed by atoms with Gasteiger partial charge >= 0.3 is 0 Å². The smallest absolute Gasteiger partial charge is 0.264 e. The van der Waals surface area contributed by atoms with Crippen molar-refractivity contribution in [3.8, 4) is 0 Å². The van der Waals surface area contributed by atoms with Crippen molar-refractivity contribution in [2.24, 2.45) is 4.99 Å². The number of amidine groups is 1. The maximum Gasteiger partial charge on any atom is 0.264 e. The van der Waals surface area contributed by atoms with Crippen molar-refractivity contribution in [3.05, 3.63) is 64.6 Å². The van der Waals surface area contributed by atoms with Gasteiger partial charge in [-0.1, -0.05) is 31.2 Å². The van der Waals surface area contributed by atoms with Crippen LogP contribution in [0.4, 0.5) is 11.4 Å². The second kappa shape index (κ2) is 8.91. The molecular weight excluding hydrogens is 354 g/mol. The van der Waals surface area contributed by atoms with Gasteiger partial charge in [0.25, 0.3) is 5.91 Å². The number of benzene rings is 2. The number of hydrogen-bond acceptors (Lipinski definition) is 4. The van der Waals surface area contributed by atoms with E-state index in [1.165, 1.54) is 23.0 Å². The SMILES string of the molecule is CCc1ccc(N=C2NC(=O)/C(=C\c3ccc(N(CC)CC)cc3)S2)cc1. The zero-order chi connectivity index (χ0) is 19.2. The van der Waals surface area contributed by atoms with Crippen molar-refractivity contribution < 1.29 is 4.79 Å². The molecule has 1 fully saturated rings. The summed E-state index contributed by atoms with van der Waals surface area (Å²) in [7, 11) is 0. The normalized spacial score (nSPS) is 16.8. The van der Waals surface area contributed by atoms with E-state index < -0.39 is 0 Å². The van der Waals surface area contributed by atoms with Crippen molar-refractivity contribution in [3.63, 3.8) is 0 Å². The third-order valence-electron chi connectivity index (χ3n) is 4.55. The lowest BCUT2D eigenvalue weighted by Gasteiger charge is -2.20. The number of aryl methyl sites for hydroxylation is 1. The molecule has 0 spiro atoms. The Morgan fingerprint density at radius 3 is 2.26 bits per heavy atom. The molecule has 0 unspecified atom stereocenters. The number of aliphatic imine (C=N–C) groups is 1. The van der Waals surface area contributed by atoms with Gasteiger partial charge in [0.2, 0.25) is 0 Å². The molecule has 1 N–H and O–H groups in total. The van der Waals surface area contributed by atoms with E-state index in [1.807, 2.05) is 30.3 Å². The van der Waals surface area contributed by atoms with Crippen molar-refractivity contribution in [1.29, 1.82) is 0 Å². The largest absolute Gasteiger partial charge is 0.372 e. The average Bonchev–Trinajstić information content (AvgIpc) is 3.03. The first kappa shape index (κ1) is 19.2. The van der Waals surface area contributed by atoms with Gasteiger partial charge in [-0.2, -0.15) is 0 Å². The summed E-state index contributed by atoms with van der Waals surface area (Å²) in [6.07, 6.45) is 2.91. The summed E-state index contributed by atoms with van der Waals surface area (Å²) in [5.74, 6) is -0.100. The third kappa shape index (κ3) is 4.80. The molecular formula is C22H25N3OS. The molecule has 1 amide bonds. The molecule has 0 aromatic heterocycles.